The van der Waals surface area contributed by atoms with Crippen LogP contribution in [0.15, 0.2) is 75.2 Å². The summed E-state index contributed by atoms with van der Waals surface area (Å²) in [5.41, 5.74) is 1.98. The first kappa shape index (κ1) is 21.2. The van der Waals surface area contributed by atoms with Crippen molar-refractivity contribution in [2.75, 3.05) is 5.32 Å². The summed E-state index contributed by atoms with van der Waals surface area (Å²) in [5.74, 6) is 0.426. The molecular weight excluding hydrogens is 434 g/mol. The molecule has 31 heavy (non-hydrogen) atoms. The van der Waals surface area contributed by atoms with Crippen LogP contribution in [0.4, 0.5) is 5.69 Å². The lowest BCUT2D eigenvalue weighted by molar-refractivity contribution is -0.115. The predicted molar refractivity (Wildman–Crippen MR) is 124 cm³/mol. The summed E-state index contributed by atoms with van der Waals surface area (Å²) >= 11 is 7.28. The van der Waals surface area contributed by atoms with Gasteiger partial charge in [-0.2, -0.15) is 0 Å². The highest BCUT2D eigenvalue weighted by Gasteiger charge is 2.20. The Labute approximate surface area is 188 Å². The van der Waals surface area contributed by atoms with Crippen LogP contribution in [0.25, 0.3) is 10.9 Å². The molecule has 2 heterocycles. The molecule has 4 rings (SSSR count). The highest BCUT2D eigenvalue weighted by molar-refractivity contribution is 8.00. The van der Waals surface area contributed by atoms with Crippen LogP contribution in [0.3, 0.4) is 0 Å². The molecule has 0 aliphatic rings. The van der Waals surface area contributed by atoms with Gasteiger partial charge in [0.1, 0.15) is 5.76 Å². The second-order valence-electron chi connectivity index (χ2n) is 7.09. The number of thioether (sulfide) groups is 1. The molecule has 0 saturated heterocycles. The Kier molecular flexibility index (Phi) is 6.15. The number of nitrogens with zero attached hydrogens (tertiary/aromatic N) is 2. The van der Waals surface area contributed by atoms with Crippen LogP contribution >= 0.6 is 23.4 Å². The maximum atomic E-state index is 13.2. The third-order valence-corrected chi connectivity index (χ3v) is 6.15. The zero-order valence-electron chi connectivity index (χ0n) is 17.0. The van der Waals surface area contributed by atoms with E-state index in [1.165, 1.54) is 11.8 Å². The lowest BCUT2D eigenvalue weighted by Crippen LogP contribution is -2.27. The van der Waals surface area contributed by atoms with Gasteiger partial charge in [-0.1, -0.05) is 41.6 Å². The number of hydrogen-bond acceptors (Lipinski definition) is 5. The van der Waals surface area contributed by atoms with Gasteiger partial charge in [0.15, 0.2) is 5.16 Å². The number of anilines is 1. The normalized spacial score (nSPS) is 12.1. The van der Waals surface area contributed by atoms with E-state index in [2.05, 4.69) is 10.3 Å². The van der Waals surface area contributed by atoms with E-state index >= 15 is 0 Å². The lowest BCUT2D eigenvalue weighted by Gasteiger charge is -2.16. The fourth-order valence-electron chi connectivity index (χ4n) is 3.11. The Bertz CT molecular complexity index is 1300. The van der Waals surface area contributed by atoms with E-state index in [4.69, 9.17) is 16.0 Å². The lowest BCUT2D eigenvalue weighted by atomic mass is 10.2. The number of carbonyl (C=O) groups is 1. The monoisotopic (exact) mass is 453 g/mol. The molecule has 0 saturated carbocycles. The molecule has 1 amide bonds. The number of fused-ring (bicyclic) bond motifs is 1. The third kappa shape index (κ3) is 4.68. The smallest absolute Gasteiger partial charge is 0.262 e. The maximum Gasteiger partial charge on any atom is 0.262 e. The van der Waals surface area contributed by atoms with E-state index in [0.29, 0.717) is 32.5 Å². The van der Waals surface area contributed by atoms with E-state index in [1.807, 2.05) is 19.1 Å². The summed E-state index contributed by atoms with van der Waals surface area (Å²) in [5, 5.41) is 3.92. The van der Waals surface area contributed by atoms with Crippen molar-refractivity contribution >= 4 is 45.9 Å². The van der Waals surface area contributed by atoms with Gasteiger partial charge in [0.05, 0.1) is 29.0 Å². The van der Waals surface area contributed by atoms with Crippen molar-refractivity contribution in [1.82, 2.24) is 9.55 Å². The first-order valence-corrected chi connectivity index (χ1v) is 10.9. The number of amides is 1. The summed E-state index contributed by atoms with van der Waals surface area (Å²) in [4.78, 5) is 30.7. The SMILES string of the molecule is Cc1ccc(Cl)cc1NC(=O)C(C)Sc1nc2ccccc2c(=O)n1Cc1ccco1. The first-order chi connectivity index (χ1) is 14.9. The maximum absolute atomic E-state index is 13.2. The van der Waals surface area contributed by atoms with Gasteiger partial charge in [0.25, 0.3) is 5.56 Å². The average molecular weight is 454 g/mol. The van der Waals surface area contributed by atoms with E-state index in [9.17, 15) is 9.59 Å². The molecule has 6 nitrogen and oxygen atoms in total. The Morgan fingerprint density at radius 1 is 1.23 bits per heavy atom. The minimum atomic E-state index is -0.505. The van der Waals surface area contributed by atoms with Gasteiger partial charge in [0, 0.05) is 10.7 Å². The Morgan fingerprint density at radius 3 is 2.81 bits per heavy atom. The van der Waals surface area contributed by atoms with Crippen molar-refractivity contribution in [2.24, 2.45) is 0 Å². The first-order valence-electron chi connectivity index (χ1n) is 9.68. The molecule has 2 aromatic carbocycles. The topological polar surface area (TPSA) is 77.1 Å². The number of aryl methyl sites for hydroxylation is 1. The average Bonchev–Trinajstić information content (AvgIpc) is 3.26. The molecule has 0 aliphatic carbocycles. The summed E-state index contributed by atoms with van der Waals surface area (Å²) in [6.07, 6.45) is 1.56. The van der Waals surface area contributed by atoms with Crippen LogP contribution in [0.5, 0.6) is 0 Å². The number of para-hydroxylation sites is 1. The molecule has 2 aromatic heterocycles. The summed E-state index contributed by atoms with van der Waals surface area (Å²) in [7, 11) is 0. The van der Waals surface area contributed by atoms with Crippen LogP contribution < -0.4 is 10.9 Å². The summed E-state index contributed by atoms with van der Waals surface area (Å²) in [6.45, 7) is 3.90. The van der Waals surface area contributed by atoms with Gasteiger partial charge in [-0.3, -0.25) is 14.2 Å². The standard InChI is InChI=1S/C23H20ClN3O3S/c1-14-9-10-16(24)12-20(14)25-21(28)15(2)31-23-26-19-8-4-3-7-18(19)22(29)27(23)13-17-6-5-11-30-17/h3-12,15H,13H2,1-2H3,(H,25,28). The summed E-state index contributed by atoms with van der Waals surface area (Å²) in [6, 6.07) is 16.1. The molecule has 0 aliphatic heterocycles. The minimum Gasteiger partial charge on any atom is -0.467 e. The molecule has 0 bridgehead atoms. The molecule has 0 fully saturated rings. The van der Waals surface area contributed by atoms with Crippen molar-refractivity contribution in [2.45, 2.75) is 30.8 Å². The number of furan rings is 1. The quantitative estimate of drug-likeness (QED) is 0.324. The van der Waals surface area contributed by atoms with Crippen molar-refractivity contribution in [1.29, 1.82) is 0 Å². The van der Waals surface area contributed by atoms with Crippen LogP contribution in [-0.2, 0) is 11.3 Å². The number of nitrogens with one attached hydrogen (secondary N) is 1. The van der Waals surface area contributed by atoms with E-state index < -0.39 is 5.25 Å². The predicted octanol–water partition coefficient (Wildman–Crippen LogP) is 5.12. The fraction of sp³-hybridized carbons (Fsp3) is 0.174. The van der Waals surface area contributed by atoms with Crippen LogP contribution in [-0.4, -0.2) is 20.7 Å². The van der Waals surface area contributed by atoms with Gasteiger partial charge in [-0.25, -0.2) is 4.98 Å². The van der Waals surface area contributed by atoms with Crippen LogP contribution in [0.1, 0.15) is 18.2 Å². The molecule has 0 radical (unpaired) electrons. The fourth-order valence-corrected chi connectivity index (χ4v) is 4.19. The van der Waals surface area contributed by atoms with Gasteiger partial charge < -0.3 is 9.73 Å². The van der Waals surface area contributed by atoms with Crippen LogP contribution in [0, 0.1) is 6.92 Å². The minimum absolute atomic E-state index is 0.178. The molecule has 1 unspecified atom stereocenters. The number of halogens is 1. The van der Waals surface area contributed by atoms with Crippen molar-refractivity contribution in [3.8, 4) is 0 Å². The molecular formula is C23H20ClN3O3S. The van der Waals surface area contributed by atoms with Gasteiger partial charge in [-0.15, -0.1) is 0 Å². The number of rotatable bonds is 6. The largest absolute Gasteiger partial charge is 0.467 e. The number of carbonyl (C=O) groups excluding carboxylic acids is 1. The molecule has 1 N–H and O–H groups in total. The highest BCUT2D eigenvalue weighted by atomic mass is 35.5. The van der Waals surface area contributed by atoms with Gasteiger partial charge >= 0.3 is 0 Å². The Morgan fingerprint density at radius 2 is 2.03 bits per heavy atom. The molecule has 158 valence electrons. The Hall–Kier alpha value is -3.03. The van der Waals surface area contributed by atoms with Crippen molar-refractivity contribution in [3.63, 3.8) is 0 Å². The third-order valence-electron chi connectivity index (χ3n) is 4.83. The molecule has 0 spiro atoms. The number of benzene rings is 2. The van der Waals surface area contributed by atoms with E-state index in [0.717, 1.165) is 5.56 Å². The zero-order chi connectivity index (χ0) is 22.0. The van der Waals surface area contributed by atoms with E-state index in [-0.39, 0.29) is 18.0 Å². The molecule has 8 heteroatoms. The summed E-state index contributed by atoms with van der Waals surface area (Å²) < 4.78 is 6.97. The second kappa shape index (κ2) is 8.99. The van der Waals surface area contributed by atoms with Crippen molar-refractivity contribution in [3.05, 3.63) is 87.6 Å². The van der Waals surface area contributed by atoms with Crippen LogP contribution in [0.2, 0.25) is 5.02 Å². The van der Waals surface area contributed by atoms with Gasteiger partial charge in [0.2, 0.25) is 5.91 Å². The molecule has 4 aromatic rings. The Balaban J connectivity index is 1.65. The van der Waals surface area contributed by atoms with E-state index in [1.54, 1.807) is 60.2 Å². The number of aromatic nitrogens is 2. The molecule has 1 atom stereocenters. The zero-order valence-corrected chi connectivity index (χ0v) is 18.5. The van der Waals surface area contributed by atoms with Crippen molar-refractivity contribution < 1.29 is 9.21 Å². The van der Waals surface area contributed by atoms with Gasteiger partial charge in [-0.05, 0) is 55.8 Å². The second-order valence-corrected chi connectivity index (χ2v) is 8.84. The highest BCUT2D eigenvalue weighted by Crippen LogP contribution is 2.26. The number of hydrogen-bond donors (Lipinski definition) is 1.